The number of carbonyl (C=O) groups is 2. The molecule has 1 heterocycles. The average Bonchev–Trinajstić information content (AvgIpc) is 3.19. The molecule has 2 amide bonds. The molecular formula is C25H33N3O4. The Hall–Kier alpha value is -3.06. The number of carbonyl (C=O) groups excluding carboxylic acids is 2. The van der Waals surface area contributed by atoms with Crippen LogP contribution in [0.25, 0.3) is 0 Å². The third-order valence-corrected chi connectivity index (χ3v) is 5.87. The normalized spacial score (nSPS) is 18.2. The number of ether oxygens (including phenoxy) is 2. The van der Waals surface area contributed by atoms with Crippen molar-refractivity contribution in [3.05, 3.63) is 59.7 Å². The molecule has 7 nitrogen and oxygen atoms in total. The predicted octanol–water partition coefficient (Wildman–Crippen LogP) is 2.51. The molecule has 0 spiro atoms. The third-order valence-electron chi connectivity index (χ3n) is 5.87. The molecule has 1 aliphatic rings. The molecule has 0 unspecified atom stereocenters. The van der Waals surface area contributed by atoms with Gasteiger partial charge in [-0.05, 0) is 42.4 Å². The SMILES string of the molecule is COc1ccc(OCCN(C)C(=O)[C@H]2CN(C)C[C@@H]2c2cccc(CNC(C)=O)c2)cc1. The Morgan fingerprint density at radius 2 is 1.84 bits per heavy atom. The predicted molar refractivity (Wildman–Crippen MR) is 124 cm³/mol. The van der Waals surface area contributed by atoms with Crippen molar-refractivity contribution in [3.8, 4) is 11.5 Å². The first-order chi connectivity index (χ1) is 15.4. The summed E-state index contributed by atoms with van der Waals surface area (Å²) in [7, 11) is 5.51. The van der Waals surface area contributed by atoms with E-state index >= 15 is 0 Å². The summed E-state index contributed by atoms with van der Waals surface area (Å²) in [6.45, 7) is 4.50. The highest BCUT2D eigenvalue weighted by atomic mass is 16.5. The lowest BCUT2D eigenvalue weighted by Gasteiger charge is -2.25. The van der Waals surface area contributed by atoms with Crippen LogP contribution >= 0.6 is 0 Å². The molecule has 0 bridgehead atoms. The van der Waals surface area contributed by atoms with Gasteiger partial charge in [0.15, 0.2) is 0 Å². The average molecular weight is 440 g/mol. The summed E-state index contributed by atoms with van der Waals surface area (Å²) in [5.74, 6) is 1.62. The van der Waals surface area contributed by atoms with Gasteiger partial charge in [0.1, 0.15) is 18.1 Å². The van der Waals surface area contributed by atoms with Crippen LogP contribution in [0.1, 0.15) is 24.0 Å². The van der Waals surface area contributed by atoms with E-state index in [1.54, 1.807) is 12.0 Å². The molecular weight excluding hydrogens is 406 g/mol. The van der Waals surface area contributed by atoms with E-state index in [2.05, 4.69) is 22.3 Å². The maximum Gasteiger partial charge on any atom is 0.227 e. The summed E-state index contributed by atoms with van der Waals surface area (Å²) in [6, 6.07) is 15.6. The van der Waals surface area contributed by atoms with Gasteiger partial charge in [0.2, 0.25) is 11.8 Å². The van der Waals surface area contributed by atoms with Gasteiger partial charge in [0.25, 0.3) is 0 Å². The van der Waals surface area contributed by atoms with E-state index in [0.717, 1.165) is 35.7 Å². The van der Waals surface area contributed by atoms with E-state index in [9.17, 15) is 9.59 Å². The summed E-state index contributed by atoms with van der Waals surface area (Å²) in [6.07, 6.45) is 0. The molecule has 0 radical (unpaired) electrons. The second-order valence-electron chi connectivity index (χ2n) is 8.37. The van der Waals surface area contributed by atoms with Crippen molar-refractivity contribution in [1.82, 2.24) is 15.1 Å². The molecule has 0 saturated carbocycles. The molecule has 0 aromatic heterocycles. The highest BCUT2D eigenvalue weighted by Gasteiger charge is 2.38. The maximum atomic E-state index is 13.3. The highest BCUT2D eigenvalue weighted by molar-refractivity contribution is 5.80. The molecule has 1 fully saturated rings. The molecule has 2 aromatic rings. The minimum absolute atomic E-state index is 0.0532. The van der Waals surface area contributed by atoms with Crippen LogP contribution in [0.15, 0.2) is 48.5 Å². The minimum Gasteiger partial charge on any atom is -0.497 e. The molecule has 1 N–H and O–H groups in total. The van der Waals surface area contributed by atoms with Crippen LogP contribution in [-0.2, 0) is 16.1 Å². The van der Waals surface area contributed by atoms with Gasteiger partial charge in [-0.3, -0.25) is 9.59 Å². The molecule has 2 atom stereocenters. The van der Waals surface area contributed by atoms with Crippen molar-refractivity contribution < 1.29 is 19.1 Å². The van der Waals surface area contributed by atoms with Crippen molar-refractivity contribution in [2.45, 2.75) is 19.4 Å². The van der Waals surface area contributed by atoms with E-state index in [1.165, 1.54) is 6.92 Å². The Morgan fingerprint density at radius 1 is 1.12 bits per heavy atom. The van der Waals surface area contributed by atoms with Gasteiger partial charge in [-0.25, -0.2) is 0 Å². The van der Waals surface area contributed by atoms with Crippen LogP contribution in [0.4, 0.5) is 0 Å². The van der Waals surface area contributed by atoms with Gasteiger partial charge in [0, 0.05) is 39.5 Å². The molecule has 7 heteroatoms. The molecule has 32 heavy (non-hydrogen) atoms. The third kappa shape index (κ3) is 6.23. The molecule has 1 saturated heterocycles. The fraction of sp³-hybridized carbons (Fsp3) is 0.440. The number of likely N-dealkylation sites (N-methyl/N-ethyl adjacent to an activating group) is 2. The molecule has 1 aliphatic heterocycles. The van der Waals surface area contributed by atoms with Crippen molar-refractivity contribution in [3.63, 3.8) is 0 Å². The second kappa shape index (κ2) is 11.0. The number of hydrogen-bond donors (Lipinski definition) is 1. The quantitative estimate of drug-likeness (QED) is 0.650. The molecule has 172 valence electrons. The summed E-state index contributed by atoms with van der Waals surface area (Å²) in [5.41, 5.74) is 2.18. The Bertz CT molecular complexity index is 916. The first-order valence-corrected chi connectivity index (χ1v) is 10.9. The number of nitrogens with zero attached hydrogens (tertiary/aromatic N) is 2. The summed E-state index contributed by atoms with van der Waals surface area (Å²) < 4.78 is 10.9. The monoisotopic (exact) mass is 439 g/mol. The topological polar surface area (TPSA) is 71.1 Å². The van der Waals surface area contributed by atoms with Crippen LogP contribution in [0.3, 0.4) is 0 Å². The van der Waals surface area contributed by atoms with Crippen molar-refractivity contribution >= 4 is 11.8 Å². The summed E-state index contributed by atoms with van der Waals surface area (Å²) >= 11 is 0. The number of hydrogen-bond acceptors (Lipinski definition) is 5. The van der Waals surface area contributed by atoms with Gasteiger partial charge in [-0.1, -0.05) is 24.3 Å². The smallest absolute Gasteiger partial charge is 0.227 e. The maximum absolute atomic E-state index is 13.3. The lowest BCUT2D eigenvalue weighted by molar-refractivity contribution is -0.134. The van der Waals surface area contributed by atoms with E-state index in [1.807, 2.05) is 50.5 Å². The van der Waals surface area contributed by atoms with Crippen LogP contribution in [0.2, 0.25) is 0 Å². The van der Waals surface area contributed by atoms with E-state index in [4.69, 9.17) is 9.47 Å². The Kier molecular flexibility index (Phi) is 8.11. The number of rotatable bonds is 9. The number of benzene rings is 2. The van der Waals surface area contributed by atoms with E-state index < -0.39 is 0 Å². The van der Waals surface area contributed by atoms with Crippen molar-refractivity contribution in [2.24, 2.45) is 5.92 Å². The standard InChI is InChI=1S/C25H33N3O4/c1-18(29)26-15-19-6-5-7-20(14-19)23-16-27(2)17-24(23)25(30)28(3)12-13-32-22-10-8-21(31-4)9-11-22/h5-11,14,23-24H,12-13,15-17H2,1-4H3,(H,26,29)/t23-,24+/m1/s1. The number of nitrogens with one attached hydrogen (secondary N) is 1. The van der Waals surface area contributed by atoms with Gasteiger partial charge in [-0.2, -0.15) is 0 Å². The minimum atomic E-state index is -0.109. The van der Waals surface area contributed by atoms with Crippen LogP contribution in [0, 0.1) is 5.92 Å². The first kappa shape index (κ1) is 23.6. The van der Waals surface area contributed by atoms with Crippen LogP contribution < -0.4 is 14.8 Å². The number of methoxy groups -OCH3 is 1. The Balaban J connectivity index is 1.60. The summed E-state index contributed by atoms with van der Waals surface area (Å²) in [5, 5.41) is 2.84. The van der Waals surface area contributed by atoms with Crippen LogP contribution in [-0.4, -0.2) is 69.1 Å². The van der Waals surface area contributed by atoms with Crippen molar-refractivity contribution in [2.75, 3.05) is 47.4 Å². The second-order valence-corrected chi connectivity index (χ2v) is 8.37. The summed E-state index contributed by atoms with van der Waals surface area (Å²) in [4.78, 5) is 28.5. The van der Waals surface area contributed by atoms with Gasteiger partial charge in [0.05, 0.1) is 19.6 Å². The molecule has 2 aromatic carbocycles. The van der Waals surface area contributed by atoms with Crippen molar-refractivity contribution in [1.29, 1.82) is 0 Å². The Labute approximate surface area is 190 Å². The highest BCUT2D eigenvalue weighted by Crippen LogP contribution is 2.33. The zero-order valence-corrected chi connectivity index (χ0v) is 19.3. The largest absolute Gasteiger partial charge is 0.497 e. The number of likely N-dealkylation sites (tertiary alicyclic amines) is 1. The fourth-order valence-electron chi connectivity index (χ4n) is 4.11. The van der Waals surface area contributed by atoms with Crippen LogP contribution in [0.5, 0.6) is 11.5 Å². The Morgan fingerprint density at radius 3 is 2.53 bits per heavy atom. The van der Waals surface area contributed by atoms with E-state index in [-0.39, 0.29) is 23.7 Å². The van der Waals surface area contributed by atoms with Gasteiger partial charge >= 0.3 is 0 Å². The van der Waals surface area contributed by atoms with Gasteiger partial charge in [-0.15, -0.1) is 0 Å². The zero-order valence-electron chi connectivity index (χ0n) is 19.3. The van der Waals surface area contributed by atoms with E-state index in [0.29, 0.717) is 19.7 Å². The molecule has 0 aliphatic carbocycles. The molecule has 3 rings (SSSR count). The number of amides is 2. The lowest BCUT2D eigenvalue weighted by Crippen LogP contribution is -2.38. The first-order valence-electron chi connectivity index (χ1n) is 10.9. The zero-order chi connectivity index (χ0) is 23.1. The fourth-order valence-corrected chi connectivity index (χ4v) is 4.11. The van der Waals surface area contributed by atoms with Gasteiger partial charge < -0.3 is 24.6 Å². The lowest BCUT2D eigenvalue weighted by atomic mass is 9.87.